The Bertz CT molecular complexity index is 1210. The number of benzene rings is 2. The number of nitrogens with one attached hydrogen (secondary N) is 3. The summed E-state index contributed by atoms with van der Waals surface area (Å²) in [4.78, 5) is 20.4. The van der Waals surface area contributed by atoms with Crippen LogP contribution >= 0.6 is 12.2 Å². The third-order valence-electron chi connectivity index (χ3n) is 4.25. The Morgan fingerprint density at radius 2 is 1.84 bits per heavy atom. The van der Waals surface area contributed by atoms with Gasteiger partial charge in [0.2, 0.25) is 5.88 Å². The maximum absolute atomic E-state index is 12.2. The maximum Gasteiger partial charge on any atom is 0.276 e. The van der Waals surface area contributed by atoms with Crippen molar-refractivity contribution >= 4 is 40.0 Å². The lowest BCUT2D eigenvalue weighted by molar-refractivity contribution is -0.123. The first-order valence-corrected chi connectivity index (χ1v) is 9.72. The number of nitrogens with zero attached hydrogens (tertiary/aromatic N) is 3. The number of anilines is 1. The summed E-state index contributed by atoms with van der Waals surface area (Å²) in [6.07, 6.45) is 1.29. The Balaban J connectivity index is 1.36. The van der Waals surface area contributed by atoms with E-state index in [0.717, 1.165) is 16.8 Å². The quantitative estimate of drug-likeness (QED) is 0.322. The number of hydrazine groups is 1. The molecule has 0 radical (unpaired) electrons. The fourth-order valence-electron chi connectivity index (χ4n) is 2.76. The van der Waals surface area contributed by atoms with Gasteiger partial charge in [-0.15, -0.1) is 0 Å². The normalized spacial score (nSPS) is 10.5. The second kappa shape index (κ2) is 9.18. The molecule has 2 aromatic heterocycles. The zero-order valence-corrected chi connectivity index (χ0v) is 17.3. The third kappa shape index (κ3) is 4.93. The molecule has 0 saturated heterocycles. The predicted octanol–water partition coefficient (Wildman–Crippen LogP) is 2.99. The highest BCUT2D eigenvalue weighted by molar-refractivity contribution is 7.80. The first-order chi connectivity index (χ1) is 15.1. The van der Waals surface area contributed by atoms with E-state index in [2.05, 4.69) is 31.3 Å². The largest absolute Gasteiger partial charge is 0.467 e. The summed E-state index contributed by atoms with van der Waals surface area (Å²) in [6.45, 7) is 1.69. The lowest BCUT2D eigenvalue weighted by Crippen LogP contribution is -2.45. The Morgan fingerprint density at radius 1 is 1.06 bits per heavy atom. The van der Waals surface area contributed by atoms with Crippen LogP contribution in [-0.4, -0.2) is 32.8 Å². The molecule has 4 aromatic rings. The summed E-state index contributed by atoms with van der Waals surface area (Å²) in [5, 5.41) is 7.76. The van der Waals surface area contributed by atoms with Crippen molar-refractivity contribution in [3.63, 3.8) is 0 Å². The molecule has 2 aromatic carbocycles. The van der Waals surface area contributed by atoms with Gasteiger partial charge in [0.15, 0.2) is 11.7 Å². The molecular formula is C21H18N6O3S. The Kier molecular flexibility index (Phi) is 5.99. The molecular weight excluding hydrogens is 416 g/mol. The highest BCUT2D eigenvalue weighted by Gasteiger charge is 2.18. The van der Waals surface area contributed by atoms with E-state index in [4.69, 9.17) is 21.5 Å². The molecule has 0 atom stereocenters. The van der Waals surface area contributed by atoms with Crippen LogP contribution < -0.4 is 20.9 Å². The minimum absolute atomic E-state index is 0.195. The van der Waals surface area contributed by atoms with Gasteiger partial charge in [-0.05, 0) is 31.3 Å². The van der Waals surface area contributed by atoms with E-state index in [0.29, 0.717) is 11.1 Å². The molecule has 0 unspecified atom stereocenters. The van der Waals surface area contributed by atoms with Crippen LogP contribution in [0.2, 0.25) is 0 Å². The number of ether oxygens (including phenoxy) is 1. The fraction of sp³-hybridized carbons (Fsp3) is 0.0952. The first kappa shape index (κ1) is 20.2. The number of fused-ring (bicyclic) bond motifs is 1. The monoisotopic (exact) mass is 434 g/mol. The predicted molar refractivity (Wildman–Crippen MR) is 119 cm³/mol. The van der Waals surface area contributed by atoms with Crippen molar-refractivity contribution in [1.29, 1.82) is 0 Å². The summed E-state index contributed by atoms with van der Waals surface area (Å²) in [7, 11) is 0. The highest BCUT2D eigenvalue weighted by atomic mass is 32.1. The van der Waals surface area contributed by atoms with Crippen LogP contribution in [-0.2, 0) is 4.79 Å². The number of thiocarbonyl (C=S) groups is 1. The summed E-state index contributed by atoms with van der Waals surface area (Å²) in [5.74, 6) is -0.252. The van der Waals surface area contributed by atoms with Gasteiger partial charge in [0.25, 0.3) is 11.6 Å². The van der Waals surface area contributed by atoms with Crippen LogP contribution in [0.15, 0.2) is 65.4 Å². The van der Waals surface area contributed by atoms with Crippen LogP contribution in [0.1, 0.15) is 5.56 Å². The van der Waals surface area contributed by atoms with Gasteiger partial charge in [0, 0.05) is 11.3 Å². The lowest BCUT2D eigenvalue weighted by atomic mass is 10.1. The van der Waals surface area contributed by atoms with Crippen molar-refractivity contribution < 1.29 is 14.1 Å². The zero-order chi connectivity index (χ0) is 21.6. The molecule has 0 aliphatic heterocycles. The van der Waals surface area contributed by atoms with Crippen molar-refractivity contribution in [2.75, 3.05) is 11.9 Å². The Morgan fingerprint density at radius 3 is 2.61 bits per heavy atom. The number of hydrogen-bond acceptors (Lipinski definition) is 7. The minimum Gasteiger partial charge on any atom is -0.467 e. The molecule has 3 N–H and O–H groups in total. The molecule has 10 heteroatoms. The van der Waals surface area contributed by atoms with Crippen molar-refractivity contribution in [1.82, 2.24) is 26.0 Å². The van der Waals surface area contributed by atoms with Gasteiger partial charge in [-0.2, -0.15) is 4.98 Å². The van der Waals surface area contributed by atoms with E-state index in [1.165, 1.54) is 6.33 Å². The SMILES string of the molecule is Cc1ccc(NC(=S)NNC(=O)COc2ncnc3onc(-c4ccccc4)c23)cc1. The van der Waals surface area contributed by atoms with Crippen LogP contribution in [0.3, 0.4) is 0 Å². The number of rotatable bonds is 5. The van der Waals surface area contributed by atoms with Crippen LogP contribution in [0.4, 0.5) is 5.69 Å². The van der Waals surface area contributed by atoms with E-state index in [9.17, 15) is 4.79 Å². The topological polar surface area (TPSA) is 114 Å². The van der Waals surface area contributed by atoms with Crippen LogP contribution in [0, 0.1) is 6.92 Å². The summed E-state index contributed by atoms with van der Waals surface area (Å²) >= 11 is 5.17. The van der Waals surface area contributed by atoms with Gasteiger partial charge >= 0.3 is 0 Å². The number of carbonyl (C=O) groups excluding carboxylic acids is 1. The summed E-state index contributed by atoms with van der Waals surface area (Å²) in [5.41, 5.74) is 8.66. The van der Waals surface area contributed by atoms with Crippen molar-refractivity contribution in [3.8, 4) is 17.1 Å². The number of carbonyl (C=O) groups is 1. The standard InChI is InChI=1S/C21H18N6O3S/c1-13-7-9-15(10-8-13)24-21(31)26-25-16(28)11-29-19-17-18(14-5-3-2-4-6-14)27-30-20(17)23-12-22-19/h2-10,12H,11H2,1H3,(H,25,28)(H2,24,26,31). The number of aryl methyl sites for hydroxylation is 1. The van der Waals surface area contributed by atoms with Gasteiger partial charge in [-0.25, -0.2) is 4.98 Å². The smallest absolute Gasteiger partial charge is 0.276 e. The van der Waals surface area contributed by atoms with Gasteiger partial charge in [0.05, 0.1) is 0 Å². The molecule has 0 aliphatic rings. The van der Waals surface area contributed by atoms with Gasteiger partial charge in [-0.3, -0.25) is 15.6 Å². The average Bonchev–Trinajstić information content (AvgIpc) is 3.23. The van der Waals surface area contributed by atoms with E-state index in [1.54, 1.807) is 0 Å². The van der Waals surface area contributed by atoms with Crippen molar-refractivity contribution in [2.24, 2.45) is 0 Å². The molecule has 9 nitrogen and oxygen atoms in total. The van der Waals surface area contributed by atoms with Gasteiger partial charge in [0.1, 0.15) is 17.4 Å². The Hall–Kier alpha value is -4.05. The van der Waals surface area contributed by atoms with Crippen LogP contribution in [0.25, 0.3) is 22.4 Å². The molecule has 156 valence electrons. The minimum atomic E-state index is -0.447. The van der Waals surface area contributed by atoms with E-state index >= 15 is 0 Å². The Labute approximate surface area is 182 Å². The van der Waals surface area contributed by atoms with E-state index in [1.807, 2.05) is 61.5 Å². The molecule has 2 heterocycles. The zero-order valence-electron chi connectivity index (χ0n) is 16.5. The lowest BCUT2D eigenvalue weighted by Gasteiger charge is -2.12. The molecule has 1 amide bonds. The average molecular weight is 434 g/mol. The number of hydrogen-bond donors (Lipinski definition) is 3. The first-order valence-electron chi connectivity index (χ1n) is 9.31. The number of aromatic nitrogens is 3. The molecule has 4 rings (SSSR count). The molecule has 0 saturated carbocycles. The van der Waals surface area contributed by atoms with Crippen molar-refractivity contribution in [2.45, 2.75) is 6.92 Å². The molecule has 0 fully saturated rings. The molecule has 0 spiro atoms. The second-order valence-electron chi connectivity index (χ2n) is 6.54. The molecule has 0 bridgehead atoms. The molecule has 0 aliphatic carbocycles. The van der Waals surface area contributed by atoms with E-state index in [-0.39, 0.29) is 23.3 Å². The molecule has 31 heavy (non-hydrogen) atoms. The van der Waals surface area contributed by atoms with E-state index < -0.39 is 5.91 Å². The maximum atomic E-state index is 12.2. The summed E-state index contributed by atoms with van der Waals surface area (Å²) < 4.78 is 10.9. The fourth-order valence-corrected chi connectivity index (χ4v) is 2.93. The van der Waals surface area contributed by atoms with Gasteiger partial charge in [-0.1, -0.05) is 53.2 Å². The van der Waals surface area contributed by atoms with Gasteiger partial charge < -0.3 is 14.6 Å². The second-order valence-corrected chi connectivity index (χ2v) is 6.95. The third-order valence-corrected chi connectivity index (χ3v) is 4.45. The summed E-state index contributed by atoms with van der Waals surface area (Å²) in [6, 6.07) is 17.1. The van der Waals surface area contributed by atoms with Crippen molar-refractivity contribution in [3.05, 3.63) is 66.5 Å². The van der Waals surface area contributed by atoms with Crippen LogP contribution in [0.5, 0.6) is 5.88 Å². The highest BCUT2D eigenvalue weighted by Crippen LogP contribution is 2.32. The number of amides is 1.